The van der Waals surface area contributed by atoms with E-state index in [0.29, 0.717) is 36.2 Å². The topological polar surface area (TPSA) is 56.3 Å². The summed E-state index contributed by atoms with van der Waals surface area (Å²) < 4.78 is 40.9. The summed E-state index contributed by atoms with van der Waals surface area (Å²) in [5.74, 6) is 0.0563. The first kappa shape index (κ1) is 18.7. The molecule has 152 valence electrons. The number of pyridine rings is 1. The molecule has 8 heteroatoms. The lowest BCUT2D eigenvalue weighted by molar-refractivity contribution is 0.00258. The van der Waals surface area contributed by atoms with Crippen molar-refractivity contribution in [1.29, 1.82) is 0 Å². The summed E-state index contributed by atoms with van der Waals surface area (Å²) in [5, 5.41) is 3.88. The first-order valence-corrected chi connectivity index (χ1v) is 10.6. The van der Waals surface area contributed by atoms with Crippen LogP contribution < -0.4 is 10.1 Å². The van der Waals surface area contributed by atoms with Gasteiger partial charge in [-0.25, -0.2) is 18.7 Å². The molecule has 0 unspecified atom stereocenters. The van der Waals surface area contributed by atoms with Crippen LogP contribution in [0, 0.1) is 5.82 Å². The van der Waals surface area contributed by atoms with Gasteiger partial charge in [0.2, 0.25) is 5.88 Å². The maximum absolute atomic E-state index is 14.8. The zero-order valence-electron chi connectivity index (χ0n) is 15.7. The van der Waals surface area contributed by atoms with Gasteiger partial charge in [-0.15, -0.1) is 0 Å². The highest BCUT2D eigenvalue weighted by Gasteiger charge is 2.44. The van der Waals surface area contributed by atoms with Gasteiger partial charge in [0.15, 0.2) is 11.3 Å². The molecule has 2 fully saturated rings. The molecule has 3 aromatic rings. The van der Waals surface area contributed by atoms with Crippen molar-refractivity contribution in [2.45, 2.75) is 43.5 Å². The van der Waals surface area contributed by atoms with E-state index >= 15 is 0 Å². The number of nitrogens with one attached hydrogen (secondary N) is 1. The molecule has 2 aromatic heterocycles. The van der Waals surface area contributed by atoms with Gasteiger partial charge in [0, 0.05) is 25.2 Å². The molecule has 5 rings (SSSR count). The van der Waals surface area contributed by atoms with Gasteiger partial charge >= 0.3 is 0 Å². The van der Waals surface area contributed by atoms with Crippen molar-refractivity contribution in [2.75, 3.05) is 18.5 Å². The molecule has 0 amide bonds. The molecule has 3 heterocycles. The van der Waals surface area contributed by atoms with Gasteiger partial charge in [-0.1, -0.05) is 23.5 Å². The monoisotopic (exact) mass is 417 g/mol. The predicted molar refractivity (Wildman–Crippen MR) is 108 cm³/mol. The third kappa shape index (κ3) is 3.79. The van der Waals surface area contributed by atoms with E-state index in [9.17, 15) is 8.78 Å². The van der Waals surface area contributed by atoms with E-state index < -0.39 is 18.1 Å². The van der Waals surface area contributed by atoms with Gasteiger partial charge in [0.1, 0.15) is 11.9 Å². The quantitative estimate of drug-likeness (QED) is 0.653. The summed E-state index contributed by atoms with van der Waals surface area (Å²) in [7, 11) is 0. The van der Waals surface area contributed by atoms with Crippen LogP contribution in [-0.2, 0) is 4.74 Å². The van der Waals surface area contributed by atoms with E-state index in [2.05, 4.69) is 15.3 Å². The van der Waals surface area contributed by atoms with Crippen LogP contribution in [0.25, 0.3) is 10.2 Å². The molecule has 1 aliphatic heterocycles. The van der Waals surface area contributed by atoms with Crippen LogP contribution in [0.15, 0.2) is 36.5 Å². The Hall–Kier alpha value is -2.32. The van der Waals surface area contributed by atoms with Crippen molar-refractivity contribution in [3.8, 4) is 5.88 Å². The third-order valence-electron chi connectivity index (χ3n) is 5.60. The lowest BCUT2D eigenvalue weighted by Gasteiger charge is -2.39. The standard InChI is InChI=1S/C21H21F2N3O2S/c22-13-9-14(12-5-7-27-8-6-12)20(24-11-13)28-17-10-16(19(17)23)26-21-25-15-3-1-2-4-18(15)29-21/h1-4,9,11-12,16-17,19H,5-8,10H2,(H,25,26)/t16-,17-,19-/m0/s1. The first-order chi connectivity index (χ1) is 14.2. The van der Waals surface area contributed by atoms with E-state index in [1.54, 1.807) is 0 Å². The van der Waals surface area contributed by atoms with Crippen molar-refractivity contribution in [3.63, 3.8) is 0 Å². The number of para-hydroxylation sites is 1. The molecular formula is C21H21F2N3O2S. The summed E-state index contributed by atoms with van der Waals surface area (Å²) in [6.07, 6.45) is 1.42. The third-order valence-corrected chi connectivity index (χ3v) is 6.57. The summed E-state index contributed by atoms with van der Waals surface area (Å²) >= 11 is 1.51. The van der Waals surface area contributed by atoms with Gasteiger partial charge in [-0.3, -0.25) is 0 Å². The molecule has 29 heavy (non-hydrogen) atoms. The first-order valence-electron chi connectivity index (χ1n) is 9.83. The molecule has 0 bridgehead atoms. The highest BCUT2D eigenvalue weighted by Crippen LogP contribution is 2.37. The minimum Gasteiger partial charge on any atom is -0.471 e. The molecule has 1 N–H and O–H groups in total. The number of ether oxygens (including phenoxy) is 2. The number of halogens is 2. The van der Waals surface area contributed by atoms with Gasteiger partial charge in [0.05, 0.1) is 22.5 Å². The summed E-state index contributed by atoms with van der Waals surface area (Å²) in [4.78, 5) is 8.61. The van der Waals surface area contributed by atoms with Crippen LogP contribution in [-0.4, -0.2) is 41.5 Å². The van der Waals surface area contributed by atoms with E-state index in [1.165, 1.54) is 17.4 Å². The highest BCUT2D eigenvalue weighted by atomic mass is 32.1. The molecule has 1 saturated heterocycles. The zero-order chi connectivity index (χ0) is 19.8. The number of alkyl halides is 1. The Morgan fingerprint density at radius 1 is 1.21 bits per heavy atom. The van der Waals surface area contributed by atoms with E-state index in [-0.39, 0.29) is 12.0 Å². The van der Waals surface area contributed by atoms with Gasteiger partial charge in [0.25, 0.3) is 0 Å². The van der Waals surface area contributed by atoms with Gasteiger partial charge < -0.3 is 14.8 Å². The van der Waals surface area contributed by atoms with Crippen molar-refractivity contribution in [3.05, 3.63) is 47.9 Å². The van der Waals surface area contributed by atoms with Gasteiger partial charge in [-0.05, 0) is 37.0 Å². The molecular weight excluding hydrogens is 396 g/mol. The summed E-state index contributed by atoms with van der Waals surface area (Å²) in [6, 6.07) is 8.93. The Bertz CT molecular complexity index is 976. The van der Waals surface area contributed by atoms with E-state index in [0.717, 1.165) is 29.3 Å². The van der Waals surface area contributed by atoms with Crippen LogP contribution in [0.1, 0.15) is 30.7 Å². The second-order valence-corrected chi connectivity index (χ2v) is 8.54. The van der Waals surface area contributed by atoms with Gasteiger partial charge in [-0.2, -0.15) is 0 Å². The lowest BCUT2D eigenvalue weighted by atomic mass is 9.86. The fraction of sp³-hybridized carbons (Fsp3) is 0.429. The van der Waals surface area contributed by atoms with Crippen molar-refractivity contribution < 1.29 is 18.3 Å². The number of hydrogen-bond acceptors (Lipinski definition) is 6. The second kappa shape index (κ2) is 7.84. The molecule has 2 aliphatic rings. The fourth-order valence-corrected chi connectivity index (χ4v) is 4.83. The van der Waals surface area contributed by atoms with Crippen LogP contribution >= 0.6 is 11.3 Å². The van der Waals surface area contributed by atoms with Crippen molar-refractivity contribution in [2.24, 2.45) is 0 Å². The lowest BCUT2D eigenvalue weighted by Crippen LogP contribution is -2.55. The van der Waals surface area contributed by atoms with E-state index in [1.807, 2.05) is 24.3 Å². The Morgan fingerprint density at radius 2 is 2.03 bits per heavy atom. The molecule has 1 aliphatic carbocycles. The molecule has 0 spiro atoms. The number of thiazole rings is 1. The minimum atomic E-state index is -1.18. The Kier molecular flexibility index (Phi) is 5.05. The van der Waals surface area contributed by atoms with Crippen LogP contribution in [0.2, 0.25) is 0 Å². The summed E-state index contributed by atoms with van der Waals surface area (Å²) in [5.41, 5.74) is 1.61. The van der Waals surface area contributed by atoms with Crippen LogP contribution in [0.3, 0.4) is 0 Å². The van der Waals surface area contributed by atoms with E-state index in [4.69, 9.17) is 9.47 Å². The number of rotatable bonds is 5. The number of fused-ring (bicyclic) bond motifs is 1. The smallest absolute Gasteiger partial charge is 0.217 e. The normalized spacial score (nSPS) is 25.0. The second-order valence-electron chi connectivity index (χ2n) is 7.51. The Labute approximate surface area is 171 Å². The van der Waals surface area contributed by atoms with Crippen LogP contribution in [0.4, 0.5) is 13.9 Å². The Morgan fingerprint density at radius 3 is 2.83 bits per heavy atom. The van der Waals surface area contributed by atoms with Crippen molar-refractivity contribution >= 4 is 26.7 Å². The number of aromatic nitrogens is 2. The molecule has 0 radical (unpaired) electrons. The zero-order valence-corrected chi connectivity index (χ0v) is 16.5. The average Bonchev–Trinajstić information content (AvgIpc) is 3.17. The Balaban J connectivity index is 1.25. The minimum absolute atomic E-state index is 0.122. The number of benzene rings is 1. The molecule has 5 nitrogen and oxygen atoms in total. The number of anilines is 1. The average molecular weight is 417 g/mol. The number of nitrogens with zero attached hydrogens (tertiary/aromatic N) is 2. The molecule has 1 aromatic carbocycles. The maximum Gasteiger partial charge on any atom is 0.217 e. The maximum atomic E-state index is 14.8. The molecule has 1 saturated carbocycles. The largest absolute Gasteiger partial charge is 0.471 e. The van der Waals surface area contributed by atoms with Crippen molar-refractivity contribution in [1.82, 2.24) is 9.97 Å². The van der Waals surface area contributed by atoms with Crippen LogP contribution in [0.5, 0.6) is 5.88 Å². The highest BCUT2D eigenvalue weighted by molar-refractivity contribution is 7.22. The number of hydrogen-bond donors (Lipinski definition) is 1. The summed E-state index contributed by atoms with van der Waals surface area (Å²) in [6.45, 7) is 1.26. The SMILES string of the molecule is Fc1cnc(O[C@H]2C[C@H](Nc3nc4ccccc4s3)[C@@H]2F)c(C2CCOCC2)c1. The fourth-order valence-electron chi connectivity index (χ4n) is 3.90. The predicted octanol–water partition coefficient (Wildman–Crippen LogP) is 4.69. The molecule has 3 atom stereocenters.